The summed E-state index contributed by atoms with van der Waals surface area (Å²) in [6.45, 7) is 4.58. The number of nitrogens with two attached hydrogens (primary N) is 1. The molecule has 11 heteroatoms. The zero-order valence-corrected chi connectivity index (χ0v) is 23.8. The summed E-state index contributed by atoms with van der Waals surface area (Å²) in [6, 6.07) is 15.6. The molecule has 0 radical (unpaired) electrons. The number of imidazole rings is 1. The lowest BCUT2D eigenvalue weighted by molar-refractivity contribution is -0.127. The molecule has 4 heterocycles. The normalized spacial score (nSPS) is 18.8. The maximum absolute atomic E-state index is 12.1. The van der Waals surface area contributed by atoms with E-state index >= 15 is 0 Å². The lowest BCUT2D eigenvalue weighted by Gasteiger charge is -2.37. The van der Waals surface area contributed by atoms with Gasteiger partial charge in [0.1, 0.15) is 12.4 Å². The predicted octanol–water partition coefficient (Wildman–Crippen LogP) is 5.01. The summed E-state index contributed by atoms with van der Waals surface area (Å²) >= 11 is 12.9. The molecule has 9 nitrogen and oxygen atoms in total. The molecule has 2 saturated heterocycles. The Morgan fingerprint density at radius 1 is 1.10 bits per heavy atom. The molecule has 3 N–H and O–H groups in total. The average molecular weight is 581 g/mol. The Morgan fingerprint density at radius 2 is 1.85 bits per heavy atom. The largest absolute Gasteiger partial charge is 0.462 e. The van der Waals surface area contributed by atoms with Gasteiger partial charge < -0.3 is 20.7 Å². The van der Waals surface area contributed by atoms with Crippen molar-refractivity contribution in [2.45, 2.75) is 38.6 Å². The molecule has 208 valence electrons. The van der Waals surface area contributed by atoms with Crippen LogP contribution in [-0.4, -0.2) is 57.7 Å². The monoisotopic (exact) mass is 579 g/mol. The minimum atomic E-state index is -0.554. The SMILES string of the molecule is CC1(C(N)=O)CCN(c2nc(OC[C@@H]3CCCN3)nc3c2nc(-c2ccccc2Cl)n3-c2ccc(Cl)cc2)CC1. The Bertz CT molecular complexity index is 1540. The van der Waals surface area contributed by atoms with Crippen molar-refractivity contribution in [1.82, 2.24) is 24.8 Å². The number of carbonyl (C=O) groups is 1. The number of fused-ring (bicyclic) bond motifs is 1. The van der Waals surface area contributed by atoms with Crippen LogP contribution in [-0.2, 0) is 4.79 Å². The first-order valence-corrected chi connectivity index (χ1v) is 14.3. The zero-order valence-electron chi connectivity index (χ0n) is 22.2. The lowest BCUT2D eigenvalue weighted by Crippen LogP contribution is -2.45. The van der Waals surface area contributed by atoms with E-state index in [0.29, 0.717) is 65.4 Å². The van der Waals surface area contributed by atoms with Gasteiger partial charge in [0.25, 0.3) is 0 Å². The van der Waals surface area contributed by atoms with Crippen molar-refractivity contribution in [3.63, 3.8) is 0 Å². The molecule has 2 fully saturated rings. The minimum Gasteiger partial charge on any atom is -0.462 e. The first-order valence-electron chi connectivity index (χ1n) is 13.5. The molecule has 4 aromatic rings. The molecule has 40 heavy (non-hydrogen) atoms. The van der Waals surface area contributed by atoms with E-state index in [1.807, 2.05) is 60.0 Å². The van der Waals surface area contributed by atoms with Gasteiger partial charge in [0.05, 0.1) is 5.02 Å². The van der Waals surface area contributed by atoms with Gasteiger partial charge in [-0.05, 0) is 68.6 Å². The van der Waals surface area contributed by atoms with E-state index in [9.17, 15) is 4.79 Å². The number of rotatable bonds is 7. The summed E-state index contributed by atoms with van der Waals surface area (Å²) in [6.07, 6.45) is 3.40. The summed E-state index contributed by atoms with van der Waals surface area (Å²) in [4.78, 5) is 29.1. The summed E-state index contributed by atoms with van der Waals surface area (Å²) in [5.41, 5.74) is 7.99. The Balaban J connectivity index is 1.52. The van der Waals surface area contributed by atoms with Crippen molar-refractivity contribution in [1.29, 1.82) is 0 Å². The van der Waals surface area contributed by atoms with Crippen molar-refractivity contribution < 1.29 is 9.53 Å². The van der Waals surface area contributed by atoms with Gasteiger partial charge in [-0.1, -0.05) is 42.3 Å². The molecule has 2 aromatic heterocycles. The standard InChI is InChI=1S/C29H31Cl2N7O2/c1-29(27(32)39)12-15-37(16-13-29)25-23-26(36-28(35-25)40-17-19-5-4-14-33-19)38(20-10-8-18(30)9-11-20)24(34-23)21-6-2-3-7-22(21)31/h2-3,6-11,19,33H,4-5,12-17H2,1H3,(H2,32,39)/t19-/m0/s1. The van der Waals surface area contributed by atoms with E-state index in [2.05, 4.69) is 10.2 Å². The van der Waals surface area contributed by atoms with Crippen LogP contribution in [0.4, 0.5) is 5.82 Å². The number of aromatic nitrogens is 4. The number of hydrogen-bond acceptors (Lipinski definition) is 7. The van der Waals surface area contributed by atoms with E-state index in [4.69, 9.17) is 48.6 Å². The Morgan fingerprint density at radius 3 is 2.52 bits per heavy atom. The van der Waals surface area contributed by atoms with E-state index in [1.54, 1.807) is 0 Å². The van der Waals surface area contributed by atoms with Crippen LogP contribution in [0.5, 0.6) is 6.01 Å². The quantitative estimate of drug-likeness (QED) is 0.316. The fourth-order valence-electron chi connectivity index (χ4n) is 5.40. The van der Waals surface area contributed by atoms with Gasteiger partial charge in [0, 0.05) is 40.8 Å². The Labute approximate surface area is 242 Å². The summed E-state index contributed by atoms with van der Waals surface area (Å²) in [7, 11) is 0. The lowest BCUT2D eigenvalue weighted by atomic mass is 9.80. The third-order valence-corrected chi connectivity index (χ3v) is 8.59. The predicted molar refractivity (Wildman–Crippen MR) is 157 cm³/mol. The number of amides is 1. The van der Waals surface area contributed by atoms with Crippen LogP contribution < -0.4 is 20.7 Å². The highest BCUT2D eigenvalue weighted by Crippen LogP contribution is 2.38. The first-order chi connectivity index (χ1) is 19.3. The number of anilines is 1. The van der Waals surface area contributed by atoms with E-state index in [0.717, 1.165) is 30.6 Å². The van der Waals surface area contributed by atoms with E-state index in [-0.39, 0.29) is 18.0 Å². The van der Waals surface area contributed by atoms with Crippen LogP contribution in [0.15, 0.2) is 48.5 Å². The van der Waals surface area contributed by atoms with Crippen LogP contribution in [0.3, 0.4) is 0 Å². The molecule has 0 aliphatic carbocycles. The third-order valence-electron chi connectivity index (χ3n) is 8.00. The summed E-state index contributed by atoms with van der Waals surface area (Å²) in [5, 5.41) is 4.65. The van der Waals surface area contributed by atoms with Crippen LogP contribution >= 0.6 is 23.2 Å². The Kier molecular flexibility index (Phi) is 7.29. The molecule has 0 bridgehead atoms. The smallest absolute Gasteiger partial charge is 0.320 e. The van der Waals surface area contributed by atoms with Gasteiger partial charge in [-0.25, -0.2) is 4.98 Å². The molecule has 2 aliphatic heterocycles. The minimum absolute atomic E-state index is 0.258. The number of ether oxygens (including phenoxy) is 1. The van der Waals surface area contributed by atoms with Gasteiger partial charge in [0.15, 0.2) is 17.0 Å². The number of halogens is 2. The maximum Gasteiger partial charge on any atom is 0.320 e. The molecular formula is C29H31Cl2N7O2. The number of primary amides is 1. The van der Waals surface area contributed by atoms with Crippen molar-refractivity contribution in [2.24, 2.45) is 11.1 Å². The highest BCUT2D eigenvalue weighted by molar-refractivity contribution is 6.33. The van der Waals surface area contributed by atoms with Crippen LogP contribution in [0.1, 0.15) is 32.6 Å². The maximum atomic E-state index is 12.1. The third kappa shape index (κ3) is 5.09. The van der Waals surface area contributed by atoms with Crippen LogP contribution in [0.25, 0.3) is 28.2 Å². The number of benzene rings is 2. The molecular weight excluding hydrogens is 549 g/mol. The van der Waals surface area contributed by atoms with Crippen LogP contribution in [0.2, 0.25) is 10.0 Å². The number of nitrogens with one attached hydrogen (secondary N) is 1. The fraction of sp³-hybridized carbons (Fsp3) is 0.379. The van der Waals surface area contributed by atoms with Crippen molar-refractivity contribution in [3.8, 4) is 23.1 Å². The van der Waals surface area contributed by atoms with Gasteiger partial charge in [-0.15, -0.1) is 0 Å². The second kappa shape index (κ2) is 10.9. The van der Waals surface area contributed by atoms with Gasteiger partial charge in [0.2, 0.25) is 5.91 Å². The summed E-state index contributed by atoms with van der Waals surface area (Å²) < 4.78 is 8.15. The van der Waals surface area contributed by atoms with Crippen molar-refractivity contribution in [3.05, 3.63) is 58.6 Å². The highest BCUT2D eigenvalue weighted by Gasteiger charge is 2.37. The molecule has 0 spiro atoms. The molecule has 1 atom stereocenters. The van der Waals surface area contributed by atoms with E-state index in [1.165, 1.54) is 0 Å². The topological polar surface area (TPSA) is 111 Å². The fourth-order valence-corrected chi connectivity index (χ4v) is 5.75. The number of carbonyl (C=O) groups excluding carboxylic acids is 1. The first kappa shape index (κ1) is 26.8. The zero-order chi connectivity index (χ0) is 27.9. The van der Waals surface area contributed by atoms with Gasteiger partial charge in [-0.2, -0.15) is 9.97 Å². The highest BCUT2D eigenvalue weighted by atomic mass is 35.5. The Hall–Kier alpha value is -3.40. The summed E-state index contributed by atoms with van der Waals surface area (Å²) in [5.74, 6) is 1.01. The van der Waals surface area contributed by atoms with Crippen molar-refractivity contribution >= 4 is 46.1 Å². The number of nitrogens with zero attached hydrogens (tertiary/aromatic N) is 5. The average Bonchev–Trinajstić information content (AvgIpc) is 3.61. The van der Waals surface area contributed by atoms with Gasteiger partial charge >= 0.3 is 6.01 Å². The molecule has 2 aromatic carbocycles. The second-order valence-corrected chi connectivity index (χ2v) is 11.6. The molecule has 2 aliphatic rings. The van der Waals surface area contributed by atoms with Crippen molar-refractivity contribution in [2.75, 3.05) is 31.1 Å². The second-order valence-electron chi connectivity index (χ2n) is 10.7. The molecule has 0 saturated carbocycles. The number of hydrogen-bond donors (Lipinski definition) is 2. The van der Waals surface area contributed by atoms with Crippen LogP contribution in [0, 0.1) is 5.41 Å². The van der Waals surface area contributed by atoms with Gasteiger partial charge in [-0.3, -0.25) is 9.36 Å². The molecule has 0 unspecified atom stereocenters. The molecule has 6 rings (SSSR count). The number of piperidine rings is 1. The molecule has 1 amide bonds. The van der Waals surface area contributed by atoms with E-state index < -0.39 is 5.41 Å².